The molecule has 0 aliphatic heterocycles. The highest BCUT2D eigenvalue weighted by molar-refractivity contribution is 6.31. The van der Waals surface area contributed by atoms with E-state index in [1.165, 1.54) is 25.3 Å². The van der Waals surface area contributed by atoms with Crippen molar-refractivity contribution >= 4 is 11.6 Å². The summed E-state index contributed by atoms with van der Waals surface area (Å²) in [6.45, 7) is 0. The maximum Gasteiger partial charge on any atom is 0.125 e. The van der Waals surface area contributed by atoms with Crippen LogP contribution in [-0.2, 0) is 0 Å². The molecule has 0 aliphatic rings. The maximum absolute atomic E-state index is 13.3. The fourth-order valence-electron chi connectivity index (χ4n) is 1.78. The van der Waals surface area contributed by atoms with E-state index < -0.39 is 11.9 Å². The van der Waals surface area contributed by atoms with E-state index in [0.717, 1.165) is 0 Å². The maximum atomic E-state index is 13.3. The Hall–Kier alpha value is -1.58. The van der Waals surface area contributed by atoms with Gasteiger partial charge in [-0.3, -0.25) is 0 Å². The van der Waals surface area contributed by atoms with Crippen LogP contribution in [0.15, 0.2) is 42.5 Å². The van der Waals surface area contributed by atoms with Gasteiger partial charge in [0, 0.05) is 16.1 Å². The molecule has 2 aromatic rings. The second kappa shape index (κ2) is 5.38. The lowest BCUT2D eigenvalue weighted by Crippen LogP contribution is -2.03. The van der Waals surface area contributed by atoms with Gasteiger partial charge in [0.1, 0.15) is 17.7 Å². The highest BCUT2D eigenvalue weighted by atomic mass is 35.5. The molecule has 0 amide bonds. The minimum atomic E-state index is -1.02. The Morgan fingerprint density at radius 1 is 1.17 bits per heavy atom. The molecule has 18 heavy (non-hydrogen) atoms. The van der Waals surface area contributed by atoms with E-state index in [-0.39, 0.29) is 0 Å². The first-order chi connectivity index (χ1) is 8.63. The standard InChI is InChI=1S/C14H12ClFO2/c1-18-13-7-6-9(16)8-11(13)14(17)10-4-2-3-5-12(10)15/h2-8,14,17H,1H3. The fourth-order valence-corrected chi connectivity index (χ4v) is 2.02. The minimum Gasteiger partial charge on any atom is -0.496 e. The zero-order chi connectivity index (χ0) is 13.1. The topological polar surface area (TPSA) is 29.5 Å². The Morgan fingerprint density at radius 3 is 2.56 bits per heavy atom. The third-order valence-corrected chi connectivity index (χ3v) is 3.03. The van der Waals surface area contributed by atoms with E-state index in [0.29, 0.717) is 21.9 Å². The van der Waals surface area contributed by atoms with Crippen molar-refractivity contribution in [3.63, 3.8) is 0 Å². The zero-order valence-corrected chi connectivity index (χ0v) is 10.5. The number of aliphatic hydroxyl groups excluding tert-OH is 1. The SMILES string of the molecule is COc1ccc(F)cc1C(O)c1ccccc1Cl. The van der Waals surface area contributed by atoms with Crippen LogP contribution in [0.1, 0.15) is 17.2 Å². The number of ether oxygens (including phenoxy) is 1. The first kappa shape index (κ1) is 12.9. The smallest absolute Gasteiger partial charge is 0.125 e. The van der Waals surface area contributed by atoms with Crippen LogP contribution in [0.3, 0.4) is 0 Å². The van der Waals surface area contributed by atoms with E-state index in [1.54, 1.807) is 24.3 Å². The molecule has 4 heteroatoms. The molecule has 0 heterocycles. The number of halogens is 2. The van der Waals surface area contributed by atoms with E-state index in [9.17, 15) is 9.50 Å². The van der Waals surface area contributed by atoms with Gasteiger partial charge in [0.05, 0.1) is 7.11 Å². The average Bonchev–Trinajstić information content (AvgIpc) is 2.38. The number of aliphatic hydroxyl groups is 1. The van der Waals surface area contributed by atoms with Gasteiger partial charge in [0.2, 0.25) is 0 Å². The van der Waals surface area contributed by atoms with Gasteiger partial charge in [-0.1, -0.05) is 29.8 Å². The molecule has 2 rings (SSSR count). The Kier molecular flexibility index (Phi) is 3.84. The fraction of sp³-hybridized carbons (Fsp3) is 0.143. The highest BCUT2D eigenvalue weighted by Crippen LogP contribution is 2.33. The lowest BCUT2D eigenvalue weighted by molar-refractivity contribution is 0.214. The minimum absolute atomic E-state index is 0.352. The molecule has 1 atom stereocenters. The predicted molar refractivity (Wildman–Crippen MR) is 68.5 cm³/mol. The van der Waals surface area contributed by atoms with Gasteiger partial charge in [0.25, 0.3) is 0 Å². The number of hydrogen-bond acceptors (Lipinski definition) is 2. The Morgan fingerprint density at radius 2 is 1.89 bits per heavy atom. The average molecular weight is 267 g/mol. The zero-order valence-electron chi connectivity index (χ0n) is 9.73. The highest BCUT2D eigenvalue weighted by Gasteiger charge is 2.18. The molecule has 1 unspecified atom stereocenters. The van der Waals surface area contributed by atoms with Crippen molar-refractivity contribution in [1.29, 1.82) is 0 Å². The summed E-state index contributed by atoms with van der Waals surface area (Å²) in [5.41, 5.74) is 0.869. The number of hydrogen-bond donors (Lipinski definition) is 1. The van der Waals surface area contributed by atoms with Crippen LogP contribution in [0.2, 0.25) is 5.02 Å². The van der Waals surface area contributed by atoms with E-state index in [1.807, 2.05) is 0 Å². The van der Waals surface area contributed by atoms with E-state index in [2.05, 4.69) is 0 Å². The number of benzene rings is 2. The molecule has 0 fully saturated rings. The molecule has 0 spiro atoms. The van der Waals surface area contributed by atoms with Crippen LogP contribution in [0.25, 0.3) is 0 Å². The van der Waals surface area contributed by atoms with Gasteiger partial charge >= 0.3 is 0 Å². The van der Waals surface area contributed by atoms with Gasteiger partial charge in [-0.15, -0.1) is 0 Å². The summed E-state index contributed by atoms with van der Waals surface area (Å²) >= 11 is 6.01. The van der Waals surface area contributed by atoms with Crippen LogP contribution >= 0.6 is 11.6 Å². The second-order valence-corrected chi connectivity index (χ2v) is 4.22. The lowest BCUT2D eigenvalue weighted by atomic mass is 10.0. The molecule has 0 saturated heterocycles. The second-order valence-electron chi connectivity index (χ2n) is 3.81. The number of methoxy groups -OCH3 is 1. The van der Waals surface area contributed by atoms with Crippen molar-refractivity contribution in [2.45, 2.75) is 6.10 Å². The van der Waals surface area contributed by atoms with Crippen LogP contribution in [0.5, 0.6) is 5.75 Å². The quantitative estimate of drug-likeness (QED) is 0.920. The van der Waals surface area contributed by atoms with Crippen LogP contribution in [0, 0.1) is 5.82 Å². The first-order valence-electron chi connectivity index (χ1n) is 5.39. The summed E-state index contributed by atoms with van der Waals surface area (Å²) in [5.74, 6) is -0.0132. The van der Waals surface area contributed by atoms with E-state index in [4.69, 9.17) is 16.3 Å². The van der Waals surface area contributed by atoms with Crippen LogP contribution in [-0.4, -0.2) is 12.2 Å². The molecular weight excluding hydrogens is 255 g/mol. The summed E-state index contributed by atoms with van der Waals surface area (Å²) in [7, 11) is 1.47. The van der Waals surface area contributed by atoms with Crippen molar-refractivity contribution in [1.82, 2.24) is 0 Å². The predicted octanol–water partition coefficient (Wildman–Crippen LogP) is 3.57. The third-order valence-electron chi connectivity index (χ3n) is 2.69. The molecular formula is C14H12ClFO2. The van der Waals surface area contributed by atoms with Crippen LogP contribution < -0.4 is 4.74 Å². The molecule has 0 radical (unpaired) electrons. The van der Waals surface area contributed by atoms with Gasteiger partial charge in [-0.25, -0.2) is 4.39 Å². The summed E-state index contributed by atoms with van der Waals surface area (Å²) in [6.07, 6.45) is -1.02. The van der Waals surface area contributed by atoms with Gasteiger partial charge in [-0.05, 0) is 24.3 Å². The van der Waals surface area contributed by atoms with Crippen molar-refractivity contribution in [2.24, 2.45) is 0 Å². The first-order valence-corrected chi connectivity index (χ1v) is 5.77. The summed E-state index contributed by atoms with van der Waals surface area (Å²) < 4.78 is 18.4. The van der Waals surface area contributed by atoms with Crippen LogP contribution in [0.4, 0.5) is 4.39 Å². The molecule has 2 nitrogen and oxygen atoms in total. The van der Waals surface area contributed by atoms with E-state index >= 15 is 0 Å². The summed E-state index contributed by atoms with van der Waals surface area (Å²) in [5, 5.41) is 10.7. The van der Waals surface area contributed by atoms with Gasteiger partial charge in [-0.2, -0.15) is 0 Å². The molecule has 0 saturated carbocycles. The summed E-state index contributed by atoms with van der Waals surface area (Å²) in [6, 6.07) is 10.9. The van der Waals surface area contributed by atoms with Gasteiger partial charge < -0.3 is 9.84 Å². The molecule has 2 aromatic carbocycles. The lowest BCUT2D eigenvalue weighted by Gasteiger charge is -2.16. The van der Waals surface area contributed by atoms with Crippen molar-refractivity contribution in [3.8, 4) is 5.75 Å². The van der Waals surface area contributed by atoms with Crippen molar-refractivity contribution in [3.05, 3.63) is 64.4 Å². The molecule has 94 valence electrons. The largest absolute Gasteiger partial charge is 0.496 e. The van der Waals surface area contributed by atoms with Gasteiger partial charge in [0.15, 0.2) is 0 Å². The van der Waals surface area contributed by atoms with Crippen molar-refractivity contribution < 1.29 is 14.2 Å². The Bertz CT molecular complexity index is 557. The van der Waals surface area contributed by atoms with Crippen molar-refractivity contribution in [2.75, 3.05) is 7.11 Å². The summed E-state index contributed by atoms with van der Waals surface area (Å²) in [4.78, 5) is 0. The normalized spacial score (nSPS) is 12.2. The molecule has 1 N–H and O–H groups in total. The third kappa shape index (κ3) is 2.47. The molecule has 0 bridgehead atoms. The Labute approximate surface area is 110 Å². The molecule has 0 aliphatic carbocycles. The monoisotopic (exact) mass is 266 g/mol. The molecule has 0 aromatic heterocycles. The Balaban J connectivity index is 2.48. The number of rotatable bonds is 3.